The number of pyridine rings is 1. The van der Waals surface area contributed by atoms with Crippen LogP contribution < -0.4 is 21.3 Å². The Kier molecular flexibility index (Phi) is 5.68. The van der Waals surface area contributed by atoms with Crippen molar-refractivity contribution in [1.29, 1.82) is 0 Å². The summed E-state index contributed by atoms with van der Waals surface area (Å²) in [6.07, 6.45) is 3.15. The second kappa shape index (κ2) is 8.33. The number of hydrogen-bond acceptors (Lipinski definition) is 6. The van der Waals surface area contributed by atoms with E-state index in [-0.39, 0.29) is 17.5 Å². The summed E-state index contributed by atoms with van der Waals surface area (Å²) in [5.74, 6) is 0.213. The van der Waals surface area contributed by atoms with Crippen molar-refractivity contribution in [2.45, 2.75) is 12.8 Å². The monoisotopic (exact) mass is 384 g/mol. The Morgan fingerprint density at radius 1 is 1.21 bits per heavy atom. The molecular weight excluding hydrogens is 364 g/mol. The van der Waals surface area contributed by atoms with Gasteiger partial charge in [-0.15, -0.1) is 0 Å². The predicted octanol–water partition coefficient (Wildman–Crippen LogP) is 2.34. The topological polar surface area (TPSA) is 143 Å². The molecule has 2 heterocycles. The minimum atomic E-state index is -0.540. The molecule has 10 nitrogen and oxygen atoms in total. The smallest absolute Gasteiger partial charge is 0.323 e. The van der Waals surface area contributed by atoms with Gasteiger partial charge in [-0.3, -0.25) is 14.9 Å². The third kappa shape index (κ3) is 4.72. The van der Waals surface area contributed by atoms with Gasteiger partial charge in [-0.05, 0) is 31.0 Å². The molecule has 1 saturated heterocycles. The van der Waals surface area contributed by atoms with E-state index in [4.69, 9.17) is 5.73 Å². The Balaban J connectivity index is 1.59. The number of nitrogens with zero attached hydrogens (tertiary/aromatic N) is 3. The van der Waals surface area contributed by atoms with E-state index in [0.717, 1.165) is 19.4 Å². The summed E-state index contributed by atoms with van der Waals surface area (Å²) in [6, 6.07) is 8.57. The predicted molar refractivity (Wildman–Crippen MR) is 104 cm³/mol. The standard InChI is InChI=1S/C18H20N6O4/c19-17(25)12-3-2-8-23(11-12)16-7-6-14(10-20-16)22-18(26)21-13-4-1-5-15(9-13)24(27)28/h1,4-7,9-10,12H,2-3,8,11H2,(H2,19,25)(H2,21,22,26)/t12-/m0/s1. The third-order valence-corrected chi connectivity index (χ3v) is 4.47. The van der Waals surface area contributed by atoms with Gasteiger partial charge in [0, 0.05) is 30.9 Å². The van der Waals surface area contributed by atoms with Crippen molar-refractivity contribution in [2.75, 3.05) is 28.6 Å². The summed E-state index contributed by atoms with van der Waals surface area (Å²) in [4.78, 5) is 40.1. The van der Waals surface area contributed by atoms with E-state index in [1.807, 2.05) is 4.90 Å². The van der Waals surface area contributed by atoms with Crippen LogP contribution in [0.4, 0.5) is 27.7 Å². The van der Waals surface area contributed by atoms with Gasteiger partial charge in [-0.1, -0.05) is 6.07 Å². The minimum absolute atomic E-state index is 0.111. The first-order valence-corrected chi connectivity index (χ1v) is 8.75. The van der Waals surface area contributed by atoms with Gasteiger partial charge in [0.15, 0.2) is 0 Å². The first-order chi connectivity index (χ1) is 13.4. The van der Waals surface area contributed by atoms with Gasteiger partial charge in [0.05, 0.1) is 22.7 Å². The summed E-state index contributed by atoms with van der Waals surface area (Å²) >= 11 is 0. The maximum absolute atomic E-state index is 12.1. The lowest BCUT2D eigenvalue weighted by atomic mass is 9.97. The normalized spacial score (nSPS) is 16.3. The molecule has 0 aliphatic carbocycles. The number of nitrogens with one attached hydrogen (secondary N) is 2. The van der Waals surface area contributed by atoms with Crippen LogP contribution in [-0.4, -0.2) is 34.9 Å². The highest BCUT2D eigenvalue weighted by molar-refractivity contribution is 5.99. The first kappa shape index (κ1) is 19.1. The Bertz CT molecular complexity index is 886. The zero-order valence-electron chi connectivity index (χ0n) is 15.0. The minimum Gasteiger partial charge on any atom is -0.369 e. The van der Waals surface area contributed by atoms with Crippen LogP contribution in [0.15, 0.2) is 42.6 Å². The summed E-state index contributed by atoms with van der Waals surface area (Å²) < 4.78 is 0. The summed E-state index contributed by atoms with van der Waals surface area (Å²) in [6.45, 7) is 1.32. The molecule has 4 N–H and O–H groups in total. The molecule has 0 spiro atoms. The molecule has 146 valence electrons. The number of carbonyl (C=O) groups is 2. The number of nitro benzene ring substituents is 1. The average molecular weight is 384 g/mol. The second-order valence-corrected chi connectivity index (χ2v) is 6.48. The molecule has 1 atom stereocenters. The van der Waals surface area contributed by atoms with Crippen LogP contribution in [0.3, 0.4) is 0 Å². The number of primary amides is 1. The van der Waals surface area contributed by atoms with Crippen LogP contribution in [0, 0.1) is 16.0 Å². The number of nitrogens with two attached hydrogens (primary N) is 1. The van der Waals surface area contributed by atoms with Crippen molar-refractivity contribution < 1.29 is 14.5 Å². The quantitative estimate of drug-likeness (QED) is 0.533. The lowest BCUT2D eigenvalue weighted by Crippen LogP contribution is -2.41. The molecule has 0 radical (unpaired) electrons. The van der Waals surface area contributed by atoms with Crippen LogP contribution in [0.2, 0.25) is 0 Å². The number of aromatic nitrogens is 1. The number of piperidine rings is 1. The second-order valence-electron chi connectivity index (χ2n) is 6.48. The van der Waals surface area contributed by atoms with Crippen LogP contribution in [0.25, 0.3) is 0 Å². The first-order valence-electron chi connectivity index (χ1n) is 8.75. The van der Waals surface area contributed by atoms with Gasteiger partial charge in [0.2, 0.25) is 5.91 Å². The van der Waals surface area contributed by atoms with Crippen LogP contribution in [-0.2, 0) is 4.79 Å². The Labute approximate surface area is 160 Å². The highest BCUT2D eigenvalue weighted by atomic mass is 16.6. The Morgan fingerprint density at radius 2 is 2.00 bits per heavy atom. The fourth-order valence-corrected chi connectivity index (χ4v) is 3.06. The lowest BCUT2D eigenvalue weighted by Gasteiger charge is -2.32. The molecule has 10 heteroatoms. The Hall–Kier alpha value is -3.69. The highest BCUT2D eigenvalue weighted by Crippen LogP contribution is 2.22. The van der Waals surface area contributed by atoms with E-state index < -0.39 is 11.0 Å². The maximum atomic E-state index is 12.1. The zero-order valence-corrected chi connectivity index (χ0v) is 15.0. The van der Waals surface area contributed by atoms with Gasteiger partial charge >= 0.3 is 6.03 Å². The number of non-ortho nitro benzene ring substituents is 1. The van der Waals surface area contributed by atoms with E-state index in [1.54, 1.807) is 18.2 Å². The van der Waals surface area contributed by atoms with E-state index >= 15 is 0 Å². The fourth-order valence-electron chi connectivity index (χ4n) is 3.06. The highest BCUT2D eigenvalue weighted by Gasteiger charge is 2.24. The zero-order chi connectivity index (χ0) is 20.1. The number of urea groups is 1. The molecule has 1 aliphatic heterocycles. The molecule has 2 aromatic rings. The molecule has 1 aromatic heterocycles. The summed E-state index contributed by atoms with van der Waals surface area (Å²) in [5, 5.41) is 15.9. The lowest BCUT2D eigenvalue weighted by molar-refractivity contribution is -0.384. The van der Waals surface area contributed by atoms with Gasteiger partial charge in [0.1, 0.15) is 5.82 Å². The van der Waals surface area contributed by atoms with Crippen molar-refractivity contribution >= 4 is 34.8 Å². The number of rotatable bonds is 5. The van der Waals surface area contributed by atoms with E-state index in [9.17, 15) is 19.7 Å². The van der Waals surface area contributed by atoms with Crippen LogP contribution in [0.1, 0.15) is 12.8 Å². The molecule has 3 rings (SSSR count). The molecule has 0 saturated carbocycles. The molecular formula is C18H20N6O4. The van der Waals surface area contributed by atoms with E-state index in [2.05, 4.69) is 15.6 Å². The van der Waals surface area contributed by atoms with Crippen molar-refractivity contribution in [2.24, 2.45) is 11.7 Å². The number of anilines is 3. The van der Waals surface area contributed by atoms with Crippen LogP contribution >= 0.6 is 0 Å². The fraction of sp³-hybridized carbons (Fsp3) is 0.278. The summed E-state index contributed by atoms with van der Waals surface area (Å²) in [7, 11) is 0. The molecule has 1 aliphatic rings. The van der Waals surface area contributed by atoms with Crippen molar-refractivity contribution in [1.82, 2.24) is 4.98 Å². The van der Waals surface area contributed by atoms with Gasteiger partial charge in [-0.25, -0.2) is 9.78 Å². The average Bonchev–Trinajstić information content (AvgIpc) is 2.68. The molecule has 1 fully saturated rings. The largest absolute Gasteiger partial charge is 0.369 e. The molecule has 28 heavy (non-hydrogen) atoms. The third-order valence-electron chi connectivity index (χ3n) is 4.47. The van der Waals surface area contributed by atoms with Gasteiger partial charge in [-0.2, -0.15) is 0 Å². The van der Waals surface area contributed by atoms with E-state index in [0.29, 0.717) is 23.7 Å². The number of carbonyl (C=O) groups excluding carboxylic acids is 2. The molecule has 0 bridgehead atoms. The molecule has 0 unspecified atom stereocenters. The number of benzene rings is 1. The molecule has 1 aromatic carbocycles. The number of amides is 3. The van der Waals surface area contributed by atoms with Crippen LogP contribution in [0.5, 0.6) is 0 Å². The van der Waals surface area contributed by atoms with Gasteiger partial charge < -0.3 is 21.3 Å². The number of hydrogen-bond donors (Lipinski definition) is 3. The van der Waals surface area contributed by atoms with E-state index in [1.165, 1.54) is 24.4 Å². The van der Waals surface area contributed by atoms with Crippen molar-refractivity contribution in [3.05, 3.63) is 52.7 Å². The maximum Gasteiger partial charge on any atom is 0.323 e. The summed E-state index contributed by atoms with van der Waals surface area (Å²) in [5.41, 5.74) is 6.06. The van der Waals surface area contributed by atoms with Crippen molar-refractivity contribution in [3.63, 3.8) is 0 Å². The number of nitro groups is 1. The van der Waals surface area contributed by atoms with Gasteiger partial charge in [0.25, 0.3) is 5.69 Å². The Morgan fingerprint density at radius 3 is 2.68 bits per heavy atom. The van der Waals surface area contributed by atoms with Crippen molar-refractivity contribution in [3.8, 4) is 0 Å². The molecule has 3 amide bonds. The SMILES string of the molecule is NC(=O)[C@H]1CCCN(c2ccc(NC(=O)Nc3cccc([N+](=O)[O-])c3)cn2)C1.